The van der Waals surface area contributed by atoms with Crippen LogP contribution in [0.4, 0.5) is 0 Å². The normalized spacial score (nSPS) is 12.0. The molecular weight excluding hydrogens is 322 g/mol. The number of hydrogen-bond donors (Lipinski definition) is 2. The molecule has 2 aromatic rings. The van der Waals surface area contributed by atoms with Crippen LogP contribution in [0.2, 0.25) is 0 Å². The first-order chi connectivity index (χ1) is 11.5. The number of hydrogen-bond acceptors (Lipinski definition) is 4. The van der Waals surface area contributed by atoms with Crippen molar-refractivity contribution in [2.75, 3.05) is 6.54 Å². The van der Waals surface area contributed by atoms with Crippen LogP contribution in [0.5, 0.6) is 0 Å². The molecule has 2 rings (SSSR count). The van der Waals surface area contributed by atoms with Gasteiger partial charge in [-0.2, -0.15) is 0 Å². The van der Waals surface area contributed by atoms with Gasteiger partial charge < -0.3 is 10.4 Å². The fourth-order valence-electron chi connectivity index (χ4n) is 2.55. The Kier molecular flexibility index (Phi) is 6.70. The van der Waals surface area contributed by atoms with Gasteiger partial charge in [0.05, 0.1) is 6.10 Å². The van der Waals surface area contributed by atoms with E-state index < -0.39 is 6.10 Å². The molecule has 1 unspecified atom stereocenters. The molecule has 1 heterocycles. The lowest BCUT2D eigenvalue weighted by Gasteiger charge is -2.11. The number of Topliss-reactive ketones (excluding diaryl/α,β-unsaturated/α-hetero) is 1. The molecule has 24 heavy (non-hydrogen) atoms. The lowest BCUT2D eigenvalue weighted by atomic mass is 10.1. The fourth-order valence-corrected chi connectivity index (χ4v) is 3.49. The molecule has 4 nitrogen and oxygen atoms in total. The van der Waals surface area contributed by atoms with E-state index in [9.17, 15) is 14.7 Å². The Morgan fingerprint density at radius 3 is 2.50 bits per heavy atom. The number of carbonyl (C=O) groups is 2. The minimum atomic E-state index is -0.593. The van der Waals surface area contributed by atoms with E-state index in [0.29, 0.717) is 13.0 Å². The highest BCUT2D eigenvalue weighted by atomic mass is 32.1. The molecule has 0 aliphatic heterocycles. The van der Waals surface area contributed by atoms with Crippen LogP contribution >= 0.6 is 11.3 Å². The molecular formula is C19H23NO3S. The van der Waals surface area contributed by atoms with E-state index in [2.05, 4.69) is 5.32 Å². The number of benzene rings is 1. The van der Waals surface area contributed by atoms with Gasteiger partial charge in [-0.15, -0.1) is 11.3 Å². The molecule has 0 bridgehead atoms. The third-order valence-corrected chi connectivity index (χ3v) is 4.81. The number of amides is 1. The smallest absolute Gasteiger partial charge is 0.220 e. The summed E-state index contributed by atoms with van der Waals surface area (Å²) in [6.07, 6.45) is 0.246. The van der Waals surface area contributed by atoms with Crippen molar-refractivity contribution in [3.8, 4) is 0 Å². The van der Waals surface area contributed by atoms with Crippen LogP contribution in [-0.2, 0) is 4.79 Å². The summed E-state index contributed by atoms with van der Waals surface area (Å²) in [5, 5.41) is 12.8. The Morgan fingerprint density at radius 1 is 1.17 bits per heavy atom. The van der Waals surface area contributed by atoms with Crippen molar-refractivity contribution in [1.82, 2.24) is 5.32 Å². The quantitative estimate of drug-likeness (QED) is 0.719. The lowest BCUT2D eigenvalue weighted by Crippen LogP contribution is -2.26. The monoisotopic (exact) mass is 345 g/mol. The zero-order chi connectivity index (χ0) is 17.5. The molecule has 0 radical (unpaired) electrons. The summed E-state index contributed by atoms with van der Waals surface area (Å²) in [5.74, 6) is -0.149. The second kappa shape index (κ2) is 8.76. The van der Waals surface area contributed by atoms with Gasteiger partial charge in [-0.3, -0.25) is 9.59 Å². The number of aliphatic hydroxyl groups excluding tert-OH is 1. The first kappa shape index (κ1) is 18.4. The van der Waals surface area contributed by atoms with Gasteiger partial charge in [-0.25, -0.2) is 0 Å². The van der Waals surface area contributed by atoms with Crippen molar-refractivity contribution >= 4 is 23.0 Å². The largest absolute Gasteiger partial charge is 0.388 e. The van der Waals surface area contributed by atoms with Crippen LogP contribution in [-0.4, -0.2) is 23.3 Å². The van der Waals surface area contributed by atoms with Crippen molar-refractivity contribution < 1.29 is 14.7 Å². The molecule has 2 N–H and O–H groups in total. The second-order valence-corrected chi connectivity index (χ2v) is 7.28. The van der Waals surface area contributed by atoms with E-state index in [-0.39, 0.29) is 24.5 Å². The van der Waals surface area contributed by atoms with Crippen LogP contribution in [0.3, 0.4) is 0 Å². The molecule has 1 amide bonds. The Bertz CT molecular complexity index is 694. The van der Waals surface area contributed by atoms with Crippen LogP contribution in [0.1, 0.15) is 51.0 Å². The van der Waals surface area contributed by atoms with E-state index >= 15 is 0 Å². The van der Waals surface area contributed by atoms with E-state index in [1.165, 1.54) is 0 Å². The summed E-state index contributed by atoms with van der Waals surface area (Å²) < 4.78 is 0. The zero-order valence-electron chi connectivity index (χ0n) is 14.0. The molecule has 0 saturated carbocycles. The molecule has 1 atom stereocenters. The SMILES string of the molecule is Cc1cc(C(=O)CCC(=O)NCCC(O)c2ccccc2)c(C)s1. The van der Waals surface area contributed by atoms with Crippen molar-refractivity contribution in [1.29, 1.82) is 0 Å². The third kappa shape index (κ3) is 5.28. The molecule has 0 spiro atoms. The predicted molar refractivity (Wildman–Crippen MR) is 96.4 cm³/mol. The van der Waals surface area contributed by atoms with Crippen LogP contribution in [0.25, 0.3) is 0 Å². The summed E-state index contributed by atoms with van der Waals surface area (Å²) in [6.45, 7) is 4.29. The fraction of sp³-hybridized carbons (Fsp3) is 0.368. The van der Waals surface area contributed by atoms with E-state index in [0.717, 1.165) is 20.9 Å². The summed E-state index contributed by atoms with van der Waals surface area (Å²) in [5.41, 5.74) is 1.56. The Balaban J connectivity index is 1.70. The maximum absolute atomic E-state index is 12.1. The first-order valence-electron chi connectivity index (χ1n) is 8.07. The van der Waals surface area contributed by atoms with Gasteiger partial charge in [-0.1, -0.05) is 30.3 Å². The molecule has 0 saturated heterocycles. The number of rotatable bonds is 8. The Hall–Kier alpha value is -1.98. The Morgan fingerprint density at radius 2 is 1.88 bits per heavy atom. The average Bonchev–Trinajstić information content (AvgIpc) is 2.92. The number of aliphatic hydroxyl groups is 1. The van der Waals surface area contributed by atoms with Gasteiger partial charge in [0.1, 0.15) is 0 Å². The topological polar surface area (TPSA) is 66.4 Å². The second-order valence-electron chi connectivity index (χ2n) is 5.82. The van der Waals surface area contributed by atoms with Gasteiger partial charge in [0.15, 0.2) is 5.78 Å². The summed E-state index contributed by atoms with van der Waals surface area (Å²) in [7, 11) is 0. The summed E-state index contributed by atoms with van der Waals surface area (Å²) in [4.78, 5) is 26.1. The standard InChI is InChI=1S/C19H23NO3S/c1-13-12-16(14(2)24-13)18(22)8-9-19(23)20-11-10-17(21)15-6-4-3-5-7-15/h3-7,12,17,21H,8-11H2,1-2H3,(H,20,23). The number of aryl methyl sites for hydroxylation is 2. The number of nitrogens with one attached hydrogen (secondary N) is 1. The van der Waals surface area contributed by atoms with Gasteiger partial charge in [0.2, 0.25) is 5.91 Å². The number of ketones is 1. The molecule has 0 aliphatic carbocycles. The highest BCUT2D eigenvalue weighted by molar-refractivity contribution is 7.12. The molecule has 1 aromatic heterocycles. The predicted octanol–water partition coefficient (Wildman–Crippen LogP) is 3.57. The molecule has 0 aliphatic rings. The van der Waals surface area contributed by atoms with Crippen molar-refractivity contribution in [2.45, 2.75) is 39.2 Å². The highest BCUT2D eigenvalue weighted by Gasteiger charge is 2.14. The molecule has 5 heteroatoms. The molecule has 128 valence electrons. The van der Waals surface area contributed by atoms with Gasteiger partial charge >= 0.3 is 0 Å². The minimum absolute atomic E-state index is 0.0105. The minimum Gasteiger partial charge on any atom is -0.388 e. The molecule has 1 aromatic carbocycles. The van der Waals surface area contributed by atoms with Gasteiger partial charge in [0.25, 0.3) is 0 Å². The van der Waals surface area contributed by atoms with Gasteiger partial charge in [-0.05, 0) is 31.9 Å². The van der Waals surface area contributed by atoms with E-state index in [4.69, 9.17) is 0 Å². The van der Waals surface area contributed by atoms with E-state index in [1.807, 2.05) is 50.2 Å². The summed E-state index contributed by atoms with van der Waals surface area (Å²) in [6, 6.07) is 11.2. The number of thiophene rings is 1. The zero-order valence-corrected chi connectivity index (χ0v) is 14.9. The van der Waals surface area contributed by atoms with Crippen molar-refractivity contribution in [2.24, 2.45) is 0 Å². The van der Waals surface area contributed by atoms with Crippen LogP contribution in [0.15, 0.2) is 36.4 Å². The van der Waals surface area contributed by atoms with E-state index in [1.54, 1.807) is 11.3 Å². The van der Waals surface area contributed by atoms with Crippen molar-refractivity contribution in [3.63, 3.8) is 0 Å². The molecule has 0 fully saturated rings. The van der Waals surface area contributed by atoms with Crippen molar-refractivity contribution in [3.05, 3.63) is 57.3 Å². The third-order valence-electron chi connectivity index (χ3n) is 3.84. The van der Waals surface area contributed by atoms with Gasteiger partial charge in [0, 0.05) is 34.7 Å². The average molecular weight is 345 g/mol. The summed E-state index contributed by atoms with van der Waals surface area (Å²) >= 11 is 1.60. The van der Waals surface area contributed by atoms with Crippen LogP contribution < -0.4 is 5.32 Å². The van der Waals surface area contributed by atoms with Crippen LogP contribution in [0, 0.1) is 13.8 Å². The number of carbonyl (C=O) groups excluding carboxylic acids is 2. The Labute approximate surface area is 146 Å². The maximum Gasteiger partial charge on any atom is 0.220 e. The lowest BCUT2D eigenvalue weighted by molar-refractivity contribution is -0.121. The highest BCUT2D eigenvalue weighted by Crippen LogP contribution is 2.22. The first-order valence-corrected chi connectivity index (χ1v) is 8.89. The maximum atomic E-state index is 12.1.